The molecule has 0 aliphatic carbocycles. The monoisotopic (exact) mass is 251 g/mol. The van der Waals surface area contributed by atoms with Crippen LogP contribution in [-0.4, -0.2) is 30.7 Å². The molecule has 0 heterocycles. The number of carboxylic acid groups (broad SMARTS) is 1. The van der Waals surface area contributed by atoms with Gasteiger partial charge in [-0.15, -0.1) is 0 Å². The number of carbonyl (C=O) groups is 2. The number of benzene rings is 1. The quantitative estimate of drug-likeness (QED) is 0.759. The maximum atomic E-state index is 11.6. The molecule has 1 aromatic carbocycles. The first-order valence-corrected chi connectivity index (χ1v) is 5.68. The molecule has 5 heteroatoms. The van der Waals surface area contributed by atoms with E-state index in [1.807, 2.05) is 0 Å². The van der Waals surface area contributed by atoms with Gasteiger partial charge >= 0.3 is 5.97 Å². The second kappa shape index (κ2) is 6.76. The van der Waals surface area contributed by atoms with Gasteiger partial charge < -0.3 is 15.2 Å². The minimum absolute atomic E-state index is 0.141. The number of nitrogens with one attached hydrogen (secondary N) is 1. The van der Waals surface area contributed by atoms with Gasteiger partial charge in [-0.25, -0.2) is 4.79 Å². The van der Waals surface area contributed by atoms with E-state index in [1.54, 1.807) is 26.2 Å². The average Bonchev–Trinajstić information content (AvgIpc) is 2.32. The molecule has 0 aromatic heterocycles. The van der Waals surface area contributed by atoms with Crippen LogP contribution in [-0.2, 0) is 9.53 Å². The first kappa shape index (κ1) is 14.2. The number of hydrogen-bond donors (Lipinski definition) is 2. The summed E-state index contributed by atoms with van der Waals surface area (Å²) in [6.07, 6.45) is 0.991. The number of anilines is 1. The lowest BCUT2D eigenvalue weighted by atomic mass is 10.1. The number of aromatic carboxylic acids is 1. The van der Waals surface area contributed by atoms with Crippen molar-refractivity contribution in [3.05, 3.63) is 29.3 Å². The van der Waals surface area contributed by atoms with Crippen LogP contribution in [0.3, 0.4) is 0 Å². The van der Waals surface area contributed by atoms with Gasteiger partial charge in [-0.3, -0.25) is 4.79 Å². The molecular weight excluding hydrogens is 234 g/mol. The molecule has 1 aromatic rings. The molecule has 0 radical (unpaired) electrons. The van der Waals surface area contributed by atoms with Gasteiger partial charge in [0.2, 0.25) is 5.91 Å². The smallest absolute Gasteiger partial charge is 0.336 e. The fourth-order valence-electron chi connectivity index (χ4n) is 1.59. The van der Waals surface area contributed by atoms with Crippen molar-refractivity contribution >= 4 is 17.6 Å². The van der Waals surface area contributed by atoms with Crippen LogP contribution in [0.25, 0.3) is 0 Å². The third kappa shape index (κ3) is 3.85. The van der Waals surface area contributed by atoms with Crippen molar-refractivity contribution in [3.63, 3.8) is 0 Å². The molecule has 98 valence electrons. The summed E-state index contributed by atoms with van der Waals surface area (Å²) in [5.74, 6) is -1.14. The Morgan fingerprint density at radius 2 is 2.11 bits per heavy atom. The molecule has 0 bridgehead atoms. The molecule has 0 saturated carbocycles. The second-order valence-corrected chi connectivity index (χ2v) is 3.93. The van der Waals surface area contributed by atoms with Crippen LogP contribution in [0.5, 0.6) is 0 Å². The van der Waals surface area contributed by atoms with Crippen LogP contribution in [0.15, 0.2) is 18.2 Å². The third-order valence-corrected chi connectivity index (χ3v) is 2.59. The fraction of sp³-hybridized carbons (Fsp3) is 0.385. The molecule has 0 aliphatic rings. The summed E-state index contributed by atoms with van der Waals surface area (Å²) < 4.78 is 4.86. The predicted octanol–water partition coefficient (Wildman–Crippen LogP) is 2.06. The van der Waals surface area contributed by atoms with E-state index in [0.29, 0.717) is 30.7 Å². The predicted molar refractivity (Wildman–Crippen MR) is 67.9 cm³/mol. The van der Waals surface area contributed by atoms with Crippen molar-refractivity contribution in [3.8, 4) is 0 Å². The number of ether oxygens (including phenoxy) is 1. The second-order valence-electron chi connectivity index (χ2n) is 3.93. The molecule has 0 aliphatic heterocycles. The van der Waals surface area contributed by atoms with Crippen molar-refractivity contribution in [2.45, 2.75) is 19.8 Å². The zero-order valence-corrected chi connectivity index (χ0v) is 10.5. The summed E-state index contributed by atoms with van der Waals surface area (Å²) in [6, 6.07) is 4.81. The van der Waals surface area contributed by atoms with Crippen LogP contribution >= 0.6 is 0 Å². The zero-order chi connectivity index (χ0) is 13.5. The number of methoxy groups -OCH3 is 1. The van der Waals surface area contributed by atoms with Crippen molar-refractivity contribution < 1.29 is 19.4 Å². The molecule has 0 saturated heterocycles. The maximum Gasteiger partial charge on any atom is 0.336 e. The van der Waals surface area contributed by atoms with E-state index in [0.717, 1.165) is 0 Å². The summed E-state index contributed by atoms with van der Waals surface area (Å²) >= 11 is 0. The van der Waals surface area contributed by atoms with Gasteiger partial charge in [-0.2, -0.15) is 0 Å². The molecule has 0 spiro atoms. The Morgan fingerprint density at radius 3 is 2.72 bits per heavy atom. The number of rotatable bonds is 6. The van der Waals surface area contributed by atoms with Gasteiger partial charge in [0.1, 0.15) is 0 Å². The number of hydrogen-bond acceptors (Lipinski definition) is 3. The summed E-state index contributed by atoms with van der Waals surface area (Å²) in [5, 5.41) is 11.7. The molecule has 0 unspecified atom stereocenters. The number of amides is 1. The average molecular weight is 251 g/mol. The lowest BCUT2D eigenvalue weighted by Crippen LogP contribution is -2.14. The topological polar surface area (TPSA) is 75.6 Å². The Hall–Kier alpha value is -1.88. The van der Waals surface area contributed by atoms with Crippen LogP contribution in [0.1, 0.15) is 28.8 Å². The Kier molecular flexibility index (Phi) is 5.32. The minimum atomic E-state index is -0.997. The highest BCUT2D eigenvalue weighted by Gasteiger charge is 2.11. The summed E-state index contributed by atoms with van der Waals surface area (Å²) in [7, 11) is 1.58. The Balaban J connectivity index is 2.70. The van der Waals surface area contributed by atoms with Gasteiger partial charge in [-0.05, 0) is 31.0 Å². The molecule has 0 atom stereocenters. The molecular formula is C13H17NO4. The maximum absolute atomic E-state index is 11.6. The first-order valence-electron chi connectivity index (χ1n) is 5.68. The van der Waals surface area contributed by atoms with E-state index in [-0.39, 0.29) is 11.5 Å². The van der Waals surface area contributed by atoms with Crippen LogP contribution in [0, 0.1) is 6.92 Å². The summed E-state index contributed by atoms with van der Waals surface area (Å²) in [6.45, 7) is 2.20. The standard InChI is InChI=1S/C13H17NO4/c1-9-10(13(16)17)5-3-6-11(9)14-12(15)7-4-8-18-2/h3,5-6H,4,7-8H2,1-2H3,(H,14,15)(H,16,17). The molecule has 1 rings (SSSR count). The van der Waals surface area contributed by atoms with Crippen molar-refractivity contribution in [1.82, 2.24) is 0 Å². The lowest BCUT2D eigenvalue weighted by Gasteiger charge is -2.10. The van der Waals surface area contributed by atoms with Crippen LogP contribution in [0.2, 0.25) is 0 Å². The SMILES string of the molecule is COCCCC(=O)Nc1cccc(C(=O)O)c1C. The van der Waals surface area contributed by atoms with E-state index in [1.165, 1.54) is 6.07 Å². The third-order valence-electron chi connectivity index (χ3n) is 2.59. The van der Waals surface area contributed by atoms with E-state index < -0.39 is 5.97 Å². The highest BCUT2D eigenvalue weighted by atomic mass is 16.5. The Morgan fingerprint density at radius 1 is 1.39 bits per heavy atom. The zero-order valence-electron chi connectivity index (χ0n) is 10.5. The van der Waals surface area contributed by atoms with E-state index in [2.05, 4.69) is 5.32 Å². The van der Waals surface area contributed by atoms with Crippen molar-refractivity contribution in [1.29, 1.82) is 0 Å². The van der Waals surface area contributed by atoms with Gasteiger partial charge in [0.05, 0.1) is 5.56 Å². The first-order chi connectivity index (χ1) is 8.56. The lowest BCUT2D eigenvalue weighted by molar-refractivity contribution is -0.116. The van der Waals surface area contributed by atoms with E-state index in [4.69, 9.17) is 9.84 Å². The molecule has 5 nitrogen and oxygen atoms in total. The largest absolute Gasteiger partial charge is 0.478 e. The minimum Gasteiger partial charge on any atom is -0.478 e. The Labute approximate surface area is 106 Å². The van der Waals surface area contributed by atoms with Gasteiger partial charge in [0.25, 0.3) is 0 Å². The molecule has 2 N–H and O–H groups in total. The van der Waals surface area contributed by atoms with Gasteiger partial charge in [0.15, 0.2) is 0 Å². The molecule has 1 amide bonds. The molecule has 18 heavy (non-hydrogen) atoms. The van der Waals surface area contributed by atoms with Gasteiger partial charge in [0, 0.05) is 25.8 Å². The van der Waals surface area contributed by atoms with Crippen molar-refractivity contribution in [2.75, 3.05) is 19.0 Å². The van der Waals surface area contributed by atoms with Crippen molar-refractivity contribution in [2.24, 2.45) is 0 Å². The highest BCUT2D eigenvalue weighted by molar-refractivity contribution is 5.95. The summed E-state index contributed by atoms with van der Waals surface area (Å²) in [4.78, 5) is 22.5. The van der Waals surface area contributed by atoms with Crippen LogP contribution in [0.4, 0.5) is 5.69 Å². The van der Waals surface area contributed by atoms with Crippen LogP contribution < -0.4 is 5.32 Å². The Bertz CT molecular complexity index is 443. The number of carboxylic acids is 1. The van der Waals surface area contributed by atoms with E-state index >= 15 is 0 Å². The van der Waals surface area contributed by atoms with Gasteiger partial charge in [-0.1, -0.05) is 6.07 Å². The van der Waals surface area contributed by atoms with E-state index in [9.17, 15) is 9.59 Å². The summed E-state index contributed by atoms with van der Waals surface area (Å²) in [5.41, 5.74) is 1.30. The normalized spacial score (nSPS) is 10.1. The molecule has 0 fully saturated rings. The fourth-order valence-corrected chi connectivity index (χ4v) is 1.59. The highest BCUT2D eigenvalue weighted by Crippen LogP contribution is 2.19. The number of carbonyl (C=O) groups excluding carboxylic acids is 1.